The van der Waals surface area contributed by atoms with Crippen molar-refractivity contribution in [3.8, 4) is 5.75 Å². The molecule has 3 aliphatic heterocycles. The number of hydrogen-bond acceptors (Lipinski definition) is 8. The molecule has 0 spiro atoms. The van der Waals surface area contributed by atoms with Gasteiger partial charge in [-0.25, -0.2) is 0 Å². The smallest absolute Gasteiger partial charge is 0.196 e. The Morgan fingerprint density at radius 1 is 1.15 bits per heavy atom. The van der Waals surface area contributed by atoms with Crippen molar-refractivity contribution in [2.45, 2.75) is 63.3 Å². The number of nitrogens with one attached hydrogen (secondary N) is 1. The maximum absolute atomic E-state index is 13.6. The van der Waals surface area contributed by atoms with Crippen LogP contribution in [0.1, 0.15) is 59.1 Å². The van der Waals surface area contributed by atoms with Gasteiger partial charge >= 0.3 is 0 Å². The number of aliphatic hydroxyl groups excluding tert-OH is 1. The Bertz CT molecular complexity index is 1080. The van der Waals surface area contributed by atoms with Crippen molar-refractivity contribution < 1.29 is 34.0 Å². The van der Waals surface area contributed by atoms with Crippen molar-refractivity contribution in [1.82, 2.24) is 5.32 Å². The van der Waals surface area contributed by atoms with Crippen LogP contribution < -0.4 is 5.32 Å². The first kappa shape index (κ1) is 22.3. The highest BCUT2D eigenvalue weighted by Crippen LogP contribution is 2.47. The van der Waals surface area contributed by atoms with E-state index in [1.807, 2.05) is 7.05 Å². The molecule has 3 heterocycles. The summed E-state index contributed by atoms with van der Waals surface area (Å²) in [5, 5.41) is 24.7. The van der Waals surface area contributed by atoms with Crippen LogP contribution in [0.25, 0.3) is 0 Å². The van der Waals surface area contributed by atoms with Crippen molar-refractivity contribution in [3.63, 3.8) is 0 Å². The molecule has 0 aromatic heterocycles. The van der Waals surface area contributed by atoms with Gasteiger partial charge in [-0.15, -0.1) is 0 Å². The van der Waals surface area contributed by atoms with E-state index < -0.39 is 36.3 Å². The van der Waals surface area contributed by atoms with Gasteiger partial charge in [-0.2, -0.15) is 0 Å². The summed E-state index contributed by atoms with van der Waals surface area (Å²) in [6.07, 6.45) is -2.29. The van der Waals surface area contributed by atoms with E-state index in [0.29, 0.717) is 36.3 Å². The van der Waals surface area contributed by atoms with Gasteiger partial charge in [0.1, 0.15) is 11.9 Å². The summed E-state index contributed by atoms with van der Waals surface area (Å²) in [6, 6.07) is 3.23. The van der Waals surface area contributed by atoms with E-state index in [1.54, 1.807) is 26.0 Å². The lowest BCUT2D eigenvalue weighted by Gasteiger charge is -2.39. The Balaban J connectivity index is 1.55. The number of phenolic OH excluding ortho intramolecular Hbond substituents is 1. The Hall–Kier alpha value is -2.52. The van der Waals surface area contributed by atoms with Crippen LogP contribution in [0.2, 0.25) is 0 Å². The number of Topliss-reactive ketones (excluding diaryl/α,β-unsaturated/α-hetero) is 2. The Morgan fingerprint density at radius 2 is 1.91 bits per heavy atom. The molecule has 0 saturated carbocycles. The maximum atomic E-state index is 13.6. The minimum absolute atomic E-state index is 0.0190. The minimum atomic E-state index is -0.665. The largest absolute Gasteiger partial charge is 0.507 e. The molecule has 3 N–H and O–H groups in total. The lowest BCUT2D eigenvalue weighted by molar-refractivity contribution is -0.138. The lowest BCUT2D eigenvalue weighted by Crippen LogP contribution is -2.45. The summed E-state index contributed by atoms with van der Waals surface area (Å²) >= 11 is 0. The number of aliphatic hydroxyl groups is 1. The topological polar surface area (TPSA) is 114 Å². The first-order valence-electron chi connectivity index (χ1n) is 11.4. The molecule has 1 aromatic rings. The molecule has 1 unspecified atom stereocenters. The van der Waals surface area contributed by atoms with Crippen molar-refractivity contribution >= 4 is 11.6 Å². The molecule has 8 nitrogen and oxygen atoms in total. The second-order valence-corrected chi connectivity index (χ2v) is 9.38. The number of ether oxygens (including phenoxy) is 3. The van der Waals surface area contributed by atoms with Gasteiger partial charge < -0.3 is 29.7 Å². The molecule has 2 fully saturated rings. The van der Waals surface area contributed by atoms with Crippen LogP contribution in [-0.4, -0.2) is 65.9 Å². The zero-order chi connectivity index (χ0) is 23.6. The third-order valence-corrected chi connectivity index (χ3v) is 7.26. The minimum Gasteiger partial charge on any atom is -0.507 e. The normalized spacial score (nSPS) is 35.8. The van der Waals surface area contributed by atoms with Gasteiger partial charge in [0, 0.05) is 35.6 Å². The number of ketones is 2. The number of rotatable bonds is 3. The van der Waals surface area contributed by atoms with Crippen molar-refractivity contribution in [1.29, 1.82) is 0 Å². The second kappa shape index (κ2) is 8.06. The first-order valence-corrected chi connectivity index (χ1v) is 11.4. The highest BCUT2D eigenvalue weighted by Gasteiger charge is 2.50. The molecule has 0 amide bonds. The third-order valence-electron chi connectivity index (χ3n) is 7.26. The molecule has 7 atom stereocenters. The van der Waals surface area contributed by atoms with Crippen LogP contribution in [0.4, 0.5) is 0 Å². The lowest BCUT2D eigenvalue weighted by atomic mass is 9.76. The fourth-order valence-corrected chi connectivity index (χ4v) is 5.69. The van der Waals surface area contributed by atoms with Crippen molar-refractivity contribution in [2.75, 3.05) is 13.6 Å². The monoisotopic (exact) mass is 455 g/mol. The van der Waals surface area contributed by atoms with Crippen molar-refractivity contribution in [3.05, 3.63) is 52.3 Å². The molecule has 5 rings (SSSR count). The van der Waals surface area contributed by atoms with E-state index >= 15 is 0 Å². The number of hydrogen-bond donors (Lipinski definition) is 3. The fraction of sp³-hybridized carbons (Fsp3) is 0.520. The predicted octanol–water partition coefficient (Wildman–Crippen LogP) is 2.20. The van der Waals surface area contributed by atoms with Crippen LogP contribution in [0.3, 0.4) is 0 Å². The molecule has 2 saturated heterocycles. The van der Waals surface area contributed by atoms with E-state index in [4.69, 9.17) is 14.2 Å². The zero-order valence-electron chi connectivity index (χ0n) is 19.0. The molecule has 1 aromatic carbocycles. The van der Waals surface area contributed by atoms with E-state index in [9.17, 15) is 19.8 Å². The number of benzene rings is 1. The van der Waals surface area contributed by atoms with E-state index in [0.717, 1.165) is 0 Å². The summed E-state index contributed by atoms with van der Waals surface area (Å²) in [6.45, 7) is 7.95. The molecule has 0 bridgehead atoms. The number of fused-ring (bicyclic) bond motifs is 3. The number of phenols is 1. The SMILES string of the molecule is C=C1C[C@H]2O[C@H](C)C3=C(C(=O)c4ccc(C5C[C@@H](CNC)[C@H](O)[C@@H](C)O5)c(O)c4C3=O)[C@H]2O1. The molecule has 176 valence electrons. The highest BCUT2D eigenvalue weighted by molar-refractivity contribution is 6.29. The molecule has 0 radical (unpaired) electrons. The van der Waals surface area contributed by atoms with E-state index in [-0.39, 0.29) is 40.3 Å². The molecule has 1 aliphatic carbocycles. The average molecular weight is 456 g/mol. The van der Waals surface area contributed by atoms with Crippen molar-refractivity contribution in [2.24, 2.45) is 5.92 Å². The summed E-state index contributed by atoms with van der Waals surface area (Å²) < 4.78 is 17.7. The molecule has 8 heteroatoms. The summed E-state index contributed by atoms with van der Waals surface area (Å²) in [4.78, 5) is 27.1. The van der Waals surface area contributed by atoms with Crippen LogP contribution in [-0.2, 0) is 14.2 Å². The first-order chi connectivity index (χ1) is 15.7. The molecule has 4 aliphatic rings. The Kier molecular flexibility index (Phi) is 5.44. The van der Waals surface area contributed by atoms with Crippen LogP contribution >= 0.6 is 0 Å². The predicted molar refractivity (Wildman–Crippen MR) is 118 cm³/mol. The van der Waals surface area contributed by atoms with Gasteiger partial charge in [-0.3, -0.25) is 9.59 Å². The van der Waals surface area contributed by atoms with E-state index in [1.165, 1.54) is 0 Å². The number of carbonyl (C=O) groups excluding carboxylic acids is 2. The fourth-order valence-electron chi connectivity index (χ4n) is 5.69. The highest BCUT2D eigenvalue weighted by atomic mass is 16.6. The Morgan fingerprint density at radius 3 is 2.64 bits per heavy atom. The van der Waals surface area contributed by atoms with Crippen LogP contribution in [0.15, 0.2) is 35.6 Å². The van der Waals surface area contributed by atoms with Gasteiger partial charge in [-0.1, -0.05) is 12.6 Å². The Labute approximate surface area is 192 Å². The summed E-state index contributed by atoms with van der Waals surface area (Å²) in [5.41, 5.74) is 1.12. The van der Waals surface area contributed by atoms with Crippen LogP contribution in [0, 0.1) is 5.92 Å². The van der Waals surface area contributed by atoms with E-state index in [2.05, 4.69) is 11.9 Å². The van der Waals surface area contributed by atoms with Gasteiger partial charge in [0.15, 0.2) is 17.7 Å². The maximum Gasteiger partial charge on any atom is 0.196 e. The second-order valence-electron chi connectivity index (χ2n) is 9.38. The van der Waals surface area contributed by atoms with Crippen LogP contribution in [0.5, 0.6) is 5.75 Å². The quantitative estimate of drug-likeness (QED) is 0.636. The standard InChI is InChI=1S/C25H29NO7/c1-10-7-17-25(31-10)20-18(11(2)32-17)24(30)19-15(23(20)29)6-5-14(22(19)28)16-8-13(9-26-4)21(27)12(3)33-16/h5-6,11-13,16-17,21,25-28H,1,7-9H2,2-4H3/t11-,12-,13+,16?,17-,21-,25+/m1/s1. The average Bonchev–Trinajstić information content (AvgIpc) is 3.13. The number of aromatic hydroxyl groups is 1. The summed E-state index contributed by atoms with van der Waals surface area (Å²) in [5.74, 6) is -0.566. The van der Waals surface area contributed by atoms with Gasteiger partial charge in [0.2, 0.25) is 0 Å². The van der Waals surface area contributed by atoms with Gasteiger partial charge in [-0.05, 0) is 33.4 Å². The van der Waals surface area contributed by atoms with Gasteiger partial charge in [0.25, 0.3) is 0 Å². The third kappa shape index (κ3) is 3.35. The van der Waals surface area contributed by atoms with Gasteiger partial charge in [0.05, 0.1) is 41.3 Å². The molecular formula is C25H29NO7. The zero-order valence-corrected chi connectivity index (χ0v) is 19.0. The summed E-state index contributed by atoms with van der Waals surface area (Å²) in [7, 11) is 1.81. The molecule has 33 heavy (non-hydrogen) atoms. The molecular weight excluding hydrogens is 426 g/mol. The number of carbonyl (C=O) groups is 2.